The fourth-order valence-electron chi connectivity index (χ4n) is 2.60. The first-order valence-corrected chi connectivity index (χ1v) is 7.56. The summed E-state index contributed by atoms with van der Waals surface area (Å²) in [6.07, 6.45) is -2.71. The number of hydrogen-bond acceptors (Lipinski definition) is 1. The molecule has 0 atom stereocenters. The van der Waals surface area contributed by atoms with Gasteiger partial charge in [-0.2, -0.15) is 13.2 Å². The summed E-state index contributed by atoms with van der Waals surface area (Å²) in [5.41, 5.74) is 4.42. The first-order chi connectivity index (χ1) is 11.3. The van der Waals surface area contributed by atoms with Crippen molar-refractivity contribution in [1.82, 2.24) is 4.98 Å². The maximum atomic E-state index is 12.9. The van der Waals surface area contributed by atoms with Gasteiger partial charge in [0.1, 0.15) is 7.85 Å². The predicted molar refractivity (Wildman–Crippen MR) is 93.0 cm³/mol. The van der Waals surface area contributed by atoms with Crippen LogP contribution in [-0.2, 0) is 6.18 Å². The van der Waals surface area contributed by atoms with Crippen LogP contribution in [0.5, 0.6) is 0 Å². The van der Waals surface area contributed by atoms with Crippen LogP contribution in [0.3, 0.4) is 0 Å². The number of halogens is 3. The highest BCUT2D eigenvalue weighted by molar-refractivity contribution is 6.32. The summed E-state index contributed by atoms with van der Waals surface area (Å²) in [5, 5.41) is 0. The molecule has 0 amide bonds. The molecule has 0 saturated carbocycles. The molecule has 2 aromatic carbocycles. The van der Waals surface area contributed by atoms with Crippen molar-refractivity contribution in [3.63, 3.8) is 0 Å². The predicted octanol–water partition coefficient (Wildman–Crippen LogP) is 4.00. The van der Waals surface area contributed by atoms with E-state index in [2.05, 4.69) is 4.98 Å². The topological polar surface area (TPSA) is 12.9 Å². The van der Waals surface area contributed by atoms with Crippen molar-refractivity contribution >= 4 is 13.3 Å². The van der Waals surface area contributed by atoms with Crippen LogP contribution in [0, 0.1) is 6.92 Å². The number of rotatable bonds is 2. The Labute approximate surface area is 139 Å². The maximum Gasteiger partial charge on any atom is 0.416 e. The van der Waals surface area contributed by atoms with Gasteiger partial charge in [0.2, 0.25) is 0 Å². The van der Waals surface area contributed by atoms with E-state index >= 15 is 0 Å². The van der Waals surface area contributed by atoms with Crippen LogP contribution >= 0.6 is 0 Å². The van der Waals surface area contributed by atoms with Crippen LogP contribution in [0.1, 0.15) is 11.1 Å². The van der Waals surface area contributed by atoms with Gasteiger partial charge in [-0.15, -0.1) is 0 Å². The zero-order valence-electron chi connectivity index (χ0n) is 13.4. The summed E-state index contributed by atoms with van der Waals surface area (Å²) < 4.78 is 38.7. The molecule has 0 saturated heterocycles. The Morgan fingerprint density at radius 1 is 0.917 bits per heavy atom. The van der Waals surface area contributed by atoms with Gasteiger partial charge in [0.15, 0.2) is 0 Å². The van der Waals surface area contributed by atoms with E-state index in [-0.39, 0.29) is 0 Å². The third kappa shape index (κ3) is 3.35. The zero-order valence-corrected chi connectivity index (χ0v) is 13.4. The first-order valence-electron chi connectivity index (χ1n) is 7.56. The summed E-state index contributed by atoms with van der Waals surface area (Å²) in [6, 6.07) is 15.2. The van der Waals surface area contributed by atoms with Gasteiger partial charge in [0.25, 0.3) is 0 Å². The summed E-state index contributed by atoms with van der Waals surface area (Å²) in [6.45, 7) is 1.88. The van der Waals surface area contributed by atoms with Crippen molar-refractivity contribution in [2.45, 2.75) is 13.1 Å². The number of pyridine rings is 1. The van der Waals surface area contributed by atoms with Crippen molar-refractivity contribution in [3.05, 3.63) is 71.9 Å². The van der Waals surface area contributed by atoms with Crippen molar-refractivity contribution in [2.24, 2.45) is 0 Å². The molecule has 0 unspecified atom stereocenters. The average molecular weight is 325 g/mol. The van der Waals surface area contributed by atoms with Gasteiger partial charge in [-0.05, 0) is 36.2 Å². The number of benzene rings is 2. The molecule has 0 aliphatic carbocycles. The summed E-state index contributed by atoms with van der Waals surface area (Å²) in [5.74, 6) is 0. The van der Waals surface area contributed by atoms with Crippen molar-refractivity contribution in [1.29, 1.82) is 0 Å². The van der Waals surface area contributed by atoms with Gasteiger partial charge in [0.05, 0.1) is 11.3 Å². The van der Waals surface area contributed by atoms with Crippen LogP contribution < -0.4 is 5.46 Å². The smallest absolute Gasteiger partial charge is 0.256 e. The van der Waals surface area contributed by atoms with E-state index in [1.807, 2.05) is 45.1 Å². The minimum atomic E-state index is -4.35. The van der Waals surface area contributed by atoms with Gasteiger partial charge >= 0.3 is 6.18 Å². The van der Waals surface area contributed by atoms with E-state index in [0.717, 1.165) is 34.4 Å². The Morgan fingerprint density at radius 3 is 2.25 bits per heavy atom. The Kier molecular flexibility index (Phi) is 4.18. The Bertz CT molecular complexity index is 871. The Balaban J connectivity index is 2.00. The van der Waals surface area contributed by atoms with Gasteiger partial charge in [0, 0.05) is 17.3 Å². The molecule has 0 fully saturated rings. The van der Waals surface area contributed by atoms with Crippen LogP contribution in [0.2, 0.25) is 0 Å². The van der Waals surface area contributed by atoms with Gasteiger partial charge in [-0.3, -0.25) is 4.98 Å². The molecule has 0 bridgehead atoms. The van der Waals surface area contributed by atoms with Crippen LogP contribution in [0.15, 0.2) is 60.8 Å². The highest BCUT2D eigenvalue weighted by Gasteiger charge is 2.30. The molecule has 0 N–H and O–H groups in total. The van der Waals surface area contributed by atoms with Gasteiger partial charge < -0.3 is 0 Å². The summed E-state index contributed by atoms with van der Waals surface area (Å²) in [4.78, 5) is 4.43. The quantitative estimate of drug-likeness (QED) is 0.649. The molecule has 0 aliphatic heterocycles. The molecular weight excluding hydrogens is 310 g/mol. The second-order valence-electron chi connectivity index (χ2n) is 5.83. The minimum Gasteiger partial charge on any atom is -0.256 e. The van der Waals surface area contributed by atoms with Gasteiger partial charge in [-0.25, -0.2) is 0 Å². The molecular formula is C19H15BF3N. The molecule has 0 aliphatic rings. The Morgan fingerprint density at radius 2 is 1.62 bits per heavy atom. The van der Waals surface area contributed by atoms with Crippen LogP contribution in [-0.4, -0.2) is 12.8 Å². The fraction of sp³-hybridized carbons (Fsp3) is 0.105. The molecule has 120 valence electrons. The molecule has 0 radical (unpaired) electrons. The highest BCUT2D eigenvalue weighted by atomic mass is 19.4. The first kappa shape index (κ1) is 16.3. The fourth-order valence-corrected chi connectivity index (χ4v) is 2.60. The minimum absolute atomic E-state index is 0.519. The molecule has 24 heavy (non-hydrogen) atoms. The molecule has 1 nitrogen and oxygen atoms in total. The lowest BCUT2D eigenvalue weighted by Gasteiger charge is -2.11. The molecule has 5 heteroatoms. The normalized spacial score (nSPS) is 11.5. The van der Waals surface area contributed by atoms with Crippen molar-refractivity contribution in [2.75, 3.05) is 0 Å². The third-order valence-corrected chi connectivity index (χ3v) is 3.96. The van der Waals surface area contributed by atoms with E-state index in [1.165, 1.54) is 6.07 Å². The number of aryl methyl sites for hydroxylation is 1. The van der Waals surface area contributed by atoms with Gasteiger partial charge in [-0.1, -0.05) is 41.9 Å². The standard InChI is InChI=1S/C19H15BF3N/c1-12-9-18(13-5-7-16(20)8-6-13)24-11-17(12)14-3-2-4-15(10-14)19(21,22)23/h2-11H,20H2,1H3. The Hall–Kier alpha value is -2.56. The van der Waals surface area contributed by atoms with Crippen molar-refractivity contribution in [3.8, 4) is 22.4 Å². The lowest BCUT2D eigenvalue weighted by molar-refractivity contribution is -0.137. The second kappa shape index (κ2) is 6.15. The van der Waals surface area contributed by atoms with E-state index in [9.17, 15) is 13.2 Å². The lowest BCUT2D eigenvalue weighted by Crippen LogP contribution is -2.04. The molecule has 3 aromatic rings. The number of aromatic nitrogens is 1. The van der Waals surface area contributed by atoms with E-state index in [4.69, 9.17) is 0 Å². The second-order valence-corrected chi connectivity index (χ2v) is 5.83. The number of nitrogens with zero attached hydrogens (tertiary/aromatic N) is 1. The number of alkyl halides is 3. The molecule has 1 aromatic heterocycles. The highest BCUT2D eigenvalue weighted by Crippen LogP contribution is 2.33. The molecule has 3 rings (SSSR count). The van der Waals surface area contributed by atoms with Crippen molar-refractivity contribution < 1.29 is 13.2 Å². The van der Waals surface area contributed by atoms with E-state index < -0.39 is 11.7 Å². The molecule has 1 heterocycles. The summed E-state index contributed by atoms with van der Waals surface area (Å²) in [7, 11) is 2.01. The van der Waals surface area contributed by atoms with E-state index in [1.54, 1.807) is 12.3 Å². The lowest BCUT2D eigenvalue weighted by atomic mass is 9.94. The average Bonchev–Trinajstić information content (AvgIpc) is 2.55. The molecule has 0 spiro atoms. The largest absolute Gasteiger partial charge is 0.416 e. The van der Waals surface area contributed by atoms with Crippen LogP contribution in [0.25, 0.3) is 22.4 Å². The summed E-state index contributed by atoms with van der Waals surface area (Å²) >= 11 is 0. The maximum absolute atomic E-state index is 12.9. The number of hydrogen-bond donors (Lipinski definition) is 0. The van der Waals surface area contributed by atoms with E-state index in [0.29, 0.717) is 11.1 Å². The van der Waals surface area contributed by atoms with Crippen LogP contribution in [0.4, 0.5) is 13.2 Å². The monoisotopic (exact) mass is 325 g/mol. The third-order valence-electron chi connectivity index (χ3n) is 3.96. The SMILES string of the molecule is Bc1ccc(-c2cc(C)c(-c3cccc(C(F)(F)F)c3)cn2)cc1. The zero-order chi connectivity index (χ0) is 17.3.